The first kappa shape index (κ1) is 24.5. The standard InChI is InChI=1S/C25H22F3N3O3S2/c1-36(32,33)19-6-4-5-17(13-19)18-14-23(35-16-18)22-15-24(25(26,27)28)29-31(22)21-8-3-2-7-20(21)30-9-11-34-12-10-30/h2-8,13-16H,9-12H2,1H3. The smallest absolute Gasteiger partial charge is 0.378 e. The summed E-state index contributed by atoms with van der Waals surface area (Å²) in [5.41, 5.74) is 2.01. The van der Waals surface area contributed by atoms with E-state index in [0.717, 1.165) is 18.0 Å². The van der Waals surface area contributed by atoms with Crippen LogP contribution >= 0.6 is 11.3 Å². The highest BCUT2D eigenvalue weighted by atomic mass is 32.2. The van der Waals surface area contributed by atoms with Gasteiger partial charge in [0.15, 0.2) is 15.5 Å². The zero-order valence-electron chi connectivity index (χ0n) is 19.2. The largest absolute Gasteiger partial charge is 0.435 e. The predicted molar refractivity (Wildman–Crippen MR) is 133 cm³/mol. The summed E-state index contributed by atoms with van der Waals surface area (Å²) in [7, 11) is -3.40. The van der Waals surface area contributed by atoms with Crippen LogP contribution < -0.4 is 4.90 Å². The molecule has 1 aliphatic rings. The van der Waals surface area contributed by atoms with Crippen molar-refractivity contribution in [1.82, 2.24) is 9.78 Å². The molecule has 4 aromatic rings. The lowest BCUT2D eigenvalue weighted by molar-refractivity contribution is -0.141. The van der Waals surface area contributed by atoms with Gasteiger partial charge >= 0.3 is 6.18 Å². The molecule has 0 N–H and O–H groups in total. The molecule has 188 valence electrons. The number of alkyl halides is 3. The van der Waals surface area contributed by atoms with Gasteiger partial charge in [0.25, 0.3) is 0 Å². The average molecular weight is 534 g/mol. The number of rotatable bonds is 5. The molecule has 0 saturated carbocycles. The Morgan fingerprint density at radius 1 is 0.944 bits per heavy atom. The molecule has 0 unspecified atom stereocenters. The maximum absolute atomic E-state index is 13.7. The Balaban J connectivity index is 1.62. The van der Waals surface area contributed by atoms with E-state index >= 15 is 0 Å². The number of para-hydroxylation sites is 2. The van der Waals surface area contributed by atoms with Crippen molar-refractivity contribution < 1.29 is 26.3 Å². The normalized spacial score (nSPS) is 14.8. The Hall–Kier alpha value is -3.15. The first-order valence-electron chi connectivity index (χ1n) is 11.1. The molecule has 36 heavy (non-hydrogen) atoms. The number of sulfone groups is 1. The highest BCUT2D eigenvalue weighted by molar-refractivity contribution is 7.90. The Morgan fingerprint density at radius 3 is 2.36 bits per heavy atom. The van der Waals surface area contributed by atoms with E-state index in [9.17, 15) is 21.6 Å². The fraction of sp³-hybridized carbons (Fsp3) is 0.240. The lowest BCUT2D eigenvalue weighted by Crippen LogP contribution is -2.36. The summed E-state index contributed by atoms with van der Waals surface area (Å²) in [6, 6.07) is 16.6. The van der Waals surface area contributed by atoms with Crippen LogP contribution in [-0.2, 0) is 20.8 Å². The van der Waals surface area contributed by atoms with Crippen LogP contribution in [-0.4, -0.2) is 50.8 Å². The molecule has 0 radical (unpaired) electrons. The molecular formula is C25H22F3N3O3S2. The van der Waals surface area contributed by atoms with Crippen LogP contribution in [0, 0.1) is 0 Å². The number of hydrogen-bond acceptors (Lipinski definition) is 6. The molecule has 1 saturated heterocycles. The van der Waals surface area contributed by atoms with E-state index in [1.807, 2.05) is 12.1 Å². The topological polar surface area (TPSA) is 64.4 Å². The molecule has 6 nitrogen and oxygen atoms in total. The van der Waals surface area contributed by atoms with Crippen LogP contribution in [0.15, 0.2) is 70.9 Å². The first-order valence-corrected chi connectivity index (χ1v) is 13.9. The van der Waals surface area contributed by atoms with Crippen molar-refractivity contribution in [1.29, 1.82) is 0 Å². The van der Waals surface area contributed by atoms with E-state index in [1.54, 1.807) is 41.8 Å². The van der Waals surface area contributed by atoms with E-state index in [-0.39, 0.29) is 4.90 Å². The van der Waals surface area contributed by atoms with Gasteiger partial charge in [-0.15, -0.1) is 11.3 Å². The minimum Gasteiger partial charge on any atom is -0.378 e. The third-order valence-corrected chi connectivity index (χ3v) is 7.97. The molecular weight excluding hydrogens is 511 g/mol. The van der Waals surface area contributed by atoms with Gasteiger partial charge in [0.05, 0.1) is 40.1 Å². The van der Waals surface area contributed by atoms with Gasteiger partial charge in [-0.25, -0.2) is 13.1 Å². The van der Waals surface area contributed by atoms with E-state index < -0.39 is 21.7 Å². The van der Waals surface area contributed by atoms with Gasteiger partial charge in [0.2, 0.25) is 0 Å². The molecule has 2 aromatic heterocycles. The molecule has 1 fully saturated rings. The van der Waals surface area contributed by atoms with Crippen molar-refractivity contribution in [3.8, 4) is 27.4 Å². The summed E-state index contributed by atoms with van der Waals surface area (Å²) in [5.74, 6) is 0. The van der Waals surface area contributed by atoms with Crippen molar-refractivity contribution in [2.75, 3.05) is 37.5 Å². The van der Waals surface area contributed by atoms with E-state index in [2.05, 4.69) is 10.00 Å². The summed E-state index contributed by atoms with van der Waals surface area (Å²) in [5, 5.41) is 5.77. The van der Waals surface area contributed by atoms with Gasteiger partial charge < -0.3 is 9.64 Å². The second-order valence-electron chi connectivity index (χ2n) is 8.41. The molecule has 0 spiro atoms. The van der Waals surface area contributed by atoms with Crippen molar-refractivity contribution in [2.24, 2.45) is 0 Å². The predicted octanol–water partition coefficient (Wildman–Crippen LogP) is 5.53. The number of thiophene rings is 1. The molecule has 0 amide bonds. The van der Waals surface area contributed by atoms with Crippen molar-refractivity contribution in [3.63, 3.8) is 0 Å². The monoisotopic (exact) mass is 533 g/mol. The van der Waals surface area contributed by atoms with Crippen molar-refractivity contribution >= 4 is 26.9 Å². The summed E-state index contributed by atoms with van der Waals surface area (Å²) in [4.78, 5) is 2.83. The van der Waals surface area contributed by atoms with Crippen LogP contribution in [0.3, 0.4) is 0 Å². The first-order chi connectivity index (χ1) is 17.1. The van der Waals surface area contributed by atoms with Gasteiger partial charge in [0, 0.05) is 19.3 Å². The number of anilines is 1. The third-order valence-electron chi connectivity index (χ3n) is 5.91. The summed E-state index contributed by atoms with van der Waals surface area (Å²) < 4.78 is 71.9. The maximum atomic E-state index is 13.7. The van der Waals surface area contributed by atoms with E-state index in [1.165, 1.54) is 22.1 Å². The van der Waals surface area contributed by atoms with Gasteiger partial charge in [-0.3, -0.25) is 0 Å². The lowest BCUT2D eigenvalue weighted by Gasteiger charge is -2.30. The summed E-state index contributed by atoms with van der Waals surface area (Å²) >= 11 is 1.27. The summed E-state index contributed by atoms with van der Waals surface area (Å²) in [6.07, 6.45) is -3.48. The van der Waals surface area contributed by atoms with Crippen LogP contribution in [0.1, 0.15) is 5.69 Å². The molecule has 0 bridgehead atoms. The van der Waals surface area contributed by atoms with E-state index in [0.29, 0.717) is 53.7 Å². The molecule has 0 atom stereocenters. The molecule has 5 rings (SSSR count). The van der Waals surface area contributed by atoms with Crippen LogP contribution in [0.5, 0.6) is 0 Å². The van der Waals surface area contributed by atoms with E-state index in [4.69, 9.17) is 4.74 Å². The van der Waals surface area contributed by atoms with Crippen LogP contribution in [0.25, 0.3) is 27.4 Å². The Morgan fingerprint density at radius 2 is 1.67 bits per heavy atom. The number of hydrogen-bond donors (Lipinski definition) is 0. The highest BCUT2D eigenvalue weighted by Gasteiger charge is 2.36. The molecule has 11 heteroatoms. The maximum Gasteiger partial charge on any atom is 0.435 e. The zero-order chi connectivity index (χ0) is 25.5. The van der Waals surface area contributed by atoms with Crippen molar-refractivity contribution in [3.05, 3.63) is 71.7 Å². The minimum absolute atomic E-state index is 0.177. The van der Waals surface area contributed by atoms with Gasteiger partial charge in [-0.05, 0) is 52.9 Å². The quantitative estimate of drug-likeness (QED) is 0.338. The van der Waals surface area contributed by atoms with Crippen molar-refractivity contribution in [2.45, 2.75) is 11.1 Å². The van der Waals surface area contributed by atoms with Gasteiger partial charge in [0.1, 0.15) is 0 Å². The minimum atomic E-state index is -4.61. The second-order valence-corrected chi connectivity index (χ2v) is 11.3. The fourth-order valence-electron chi connectivity index (χ4n) is 4.12. The second kappa shape index (κ2) is 9.38. The number of ether oxygens (including phenoxy) is 1. The Bertz CT molecular complexity index is 1500. The molecule has 1 aliphatic heterocycles. The van der Waals surface area contributed by atoms with Crippen LogP contribution in [0.4, 0.5) is 18.9 Å². The lowest BCUT2D eigenvalue weighted by atomic mass is 10.1. The van der Waals surface area contributed by atoms with Gasteiger partial charge in [-0.2, -0.15) is 18.3 Å². The SMILES string of the molecule is CS(=O)(=O)c1cccc(-c2csc(-c3cc(C(F)(F)F)nn3-c3ccccc3N3CCOCC3)c2)c1. The average Bonchev–Trinajstić information content (AvgIpc) is 3.52. The molecule has 3 heterocycles. The zero-order valence-corrected chi connectivity index (χ0v) is 20.8. The number of morpholine rings is 1. The number of benzene rings is 2. The molecule has 0 aliphatic carbocycles. The molecule has 2 aromatic carbocycles. The fourth-order valence-corrected chi connectivity index (χ4v) is 5.71. The van der Waals surface area contributed by atoms with Crippen LogP contribution in [0.2, 0.25) is 0 Å². The summed E-state index contributed by atoms with van der Waals surface area (Å²) in [6.45, 7) is 2.32. The van der Waals surface area contributed by atoms with Gasteiger partial charge in [-0.1, -0.05) is 24.3 Å². The Kier molecular flexibility index (Phi) is 6.39. The number of aromatic nitrogens is 2. The Labute approximate surface area is 210 Å². The third kappa shape index (κ3) is 4.91. The number of nitrogens with zero attached hydrogens (tertiary/aromatic N) is 3. The highest BCUT2D eigenvalue weighted by Crippen LogP contribution is 2.39. The number of halogens is 3.